The number of rotatable bonds is 5. The van der Waals surface area contributed by atoms with Crippen LogP contribution < -0.4 is 16.2 Å². The van der Waals surface area contributed by atoms with Gasteiger partial charge in [0, 0.05) is 23.4 Å². The molecule has 0 radical (unpaired) electrons. The number of hydrazine groups is 1. The minimum Gasteiger partial charge on any atom is -0.290 e. The molecule has 0 spiro atoms. The highest BCUT2D eigenvalue weighted by molar-refractivity contribution is 7.13. The molecule has 0 aliphatic rings. The lowest BCUT2D eigenvalue weighted by atomic mass is 10.1. The maximum absolute atomic E-state index is 12.3. The van der Waals surface area contributed by atoms with Gasteiger partial charge in [0.2, 0.25) is 0 Å². The number of hydrogen-bond donors (Lipinski definition) is 3. The SMILES string of the molecule is CCc1ccc(-c2nc(NC(=O)NNc3cc(C)c4c(C)nn(C)c4n3)cs2)cc1. The largest absolute Gasteiger partial charge is 0.339 e. The van der Waals surface area contributed by atoms with Crippen LogP contribution in [0.2, 0.25) is 0 Å². The first-order chi connectivity index (χ1) is 14.4. The first kappa shape index (κ1) is 19.8. The zero-order chi connectivity index (χ0) is 21.3. The molecule has 4 aromatic rings. The van der Waals surface area contributed by atoms with Crippen LogP contribution in [0.25, 0.3) is 21.6 Å². The molecule has 0 saturated heterocycles. The van der Waals surface area contributed by atoms with Gasteiger partial charge in [-0.3, -0.25) is 15.4 Å². The van der Waals surface area contributed by atoms with Crippen molar-refractivity contribution in [1.29, 1.82) is 0 Å². The lowest BCUT2D eigenvalue weighted by Gasteiger charge is -2.09. The molecule has 0 fully saturated rings. The van der Waals surface area contributed by atoms with Crippen molar-refractivity contribution in [2.45, 2.75) is 27.2 Å². The molecule has 0 aliphatic carbocycles. The maximum Gasteiger partial charge on any atom is 0.339 e. The molecule has 154 valence electrons. The molecule has 3 aromatic heterocycles. The molecular weight excluding hydrogens is 398 g/mol. The zero-order valence-corrected chi connectivity index (χ0v) is 18.1. The summed E-state index contributed by atoms with van der Waals surface area (Å²) < 4.78 is 1.73. The number of anilines is 2. The van der Waals surface area contributed by atoms with E-state index >= 15 is 0 Å². The number of pyridine rings is 1. The van der Waals surface area contributed by atoms with Crippen molar-refractivity contribution in [3.05, 3.63) is 52.5 Å². The van der Waals surface area contributed by atoms with Crippen molar-refractivity contribution in [2.75, 3.05) is 10.7 Å². The predicted octanol–water partition coefficient (Wildman–Crippen LogP) is 4.42. The van der Waals surface area contributed by atoms with Crippen LogP contribution in [0.3, 0.4) is 0 Å². The Morgan fingerprint density at radius 3 is 2.63 bits per heavy atom. The molecule has 1 aromatic carbocycles. The van der Waals surface area contributed by atoms with Gasteiger partial charge in [-0.15, -0.1) is 11.3 Å². The van der Waals surface area contributed by atoms with E-state index in [1.54, 1.807) is 4.68 Å². The Morgan fingerprint density at radius 1 is 1.13 bits per heavy atom. The number of urea groups is 1. The number of aromatic nitrogens is 4. The van der Waals surface area contributed by atoms with Gasteiger partial charge >= 0.3 is 6.03 Å². The number of aryl methyl sites for hydroxylation is 4. The number of nitrogens with zero attached hydrogens (tertiary/aromatic N) is 4. The molecule has 0 aliphatic heterocycles. The number of benzene rings is 1. The van der Waals surface area contributed by atoms with Crippen LogP contribution in [0, 0.1) is 13.8 Å². The quantitative estimate of drug-likeness (QED) is 0.415. The van der Waals surface area contributed by atoms with Crippen LogP contribution in [0.5, 0.6) is 0 Å². The molecule has 0 bridgehead atoms. The fourth-order valence-corrected chi connectivity index (χ4v) is 4.10. The monoisotopic (exact) mass is 421 g/mol. The molecular formula is C21H23N7OS. The number of carbonyl (C=O) groups is 1. The van der Waals surface area contributed by atoms with Crippen LogP contribution in [0.4, 0.5) is 16.4 Å². The zero-order valence-electron chi connectivity index (χ0n) is 17.3. The summed E-state index contributed by atoms with van der Waals surface area (Å²) in [7, 11) is 1.85. The highest BCUT2D eigenvalue weighted by atomic mass is 32.1. The van der Waals surface area contributed by atoms with E-state index in [9.17, 15) is 4.79 Å². The Kier molecular flexibility index (Phi) is 5.37. The van der Waals surface area contributed by atoms with Crippen LogP contribution in [0.1, 0.15) is 23.7 Å². The summed E-state index contributed by atoms with van der Waals surface area (Å²) in [6.07, 6.45) is 1.000. The van der Waals surface area contributed by atoms with Crippen LogP contribution in [-0.4, -0.2) is 25.8 Å². The normalized spacial score (nSPS) is 10.9. The number of thiazole rings is 1. The lowest BCUT2D eigenvalue weighted by molar-refractivity contribution is 0.253. The lowest BCUT2D eigenvalue weighted by Crippen LogP contribution is -2.34. The van der Waals surface area contributed by atoms with Gasteiger partial charge in [0.25, 0.3) is 0 Å². The van der Waals surface area contributed by atoms with Gasteiger partial charge in [-0.05, 0) is 37.5 Å². The van der Waals surface area contributed by atoms with Crippen molar-refractivity contribution in [1.82, 2.24) is 25.2 Å². The van der Waals surface area contributed by atoms with E-state index in [1.165, 1.54) is 16.9 Å². The molecule has 8 nitrogen and oxygen atoms in total. The van der Waals surface area contributed by atoms with Crippen molar-refractivity contribution >= 4 is 40.0 Å². The standard InChI is InChI=1S/C21H23N7OS/c1-5-14-6-8-15(9-7-14)20-23-17(11-30-20)24-21(29)26-25-16-10-12(2)18-13(3)27-28(4)19(18)22-16/h6-11H,5H2,1-4H3,(H,22,25)(H2,24,26,29). The minimum absolute atomic E-state index is 0.422. The first-order valence-electron chi connectivity index (χ1n) is 9.63. The van der Waals surface area contributed by atoms with Crippen LogP contribution in [0.15, 0.2) is 35.7 Å². The number of amides is 2. The molecule has 0 saturated carbocycles. The van der Waals surface area contributed by atoms with Gasteiger partial charge in [-0.25, -0.2) is 20.2 Å². The second kappa shape index (κ2) is 8.11. The molecule has 9 heteroatoms. The van der Waals surface area contributed by atoms with Gasteiger partial charge < -0.3 is 0 Å². The van der Waals surface area contributed by atoms with E-state index in [-0.39, 0.29) is 0 Å². The molecule has 3 heterocycles. The summed E-state index contributed by atoms with van der Waals surface area (Å²) in [6, 6.07) is 9.74. The van der Waals surface area contributed by atoms with Crippen LogP contribution >= 0.6 is 11.3 Å². The molecule has 0 unspecified atom stereocenters. The number of hydrogen-bond acceptors (Lipinski definition) is 6. The maximum atomic E-state index is 12.3. The number of carbonyl (C=O) groups excluding carboxylic acids is 1. The van der Waals surface area contributed by atoms with Crippen molar-refractivity contribution in [3.63, 3.8) is 0 Å². The van der Waals surface area contributed by atoms with E-state index in [2.05, 4.69) is 50.3 Å². The minimum atomic E-state index is -0.422. The average Bonchev–Trinajstić information content (AvgIpc) is 3.31. The summed E-state index contributed by atoms with van der Waals surface area (Å²) in [6.45, 7) is 6.07. The van der Waals surface area contributed by atoms with Gasteiger partial charge in [-0.1, -0.05) is 31.2 Å². The van der Waals surface area contributed by atoms with E-state index in [1.807, 2.05) is 44.5 Å². The fourth-order valence-electron chi connectivity index (χ4n) is 3.34. The third-order valence-electron chi connectivity index (χ3n) is 4.82. The third-order valence-corrected chi connectivity index (χ3v) is 5.72. The van der Waals surface area contributed by atoms with Gasteiger partial charge in [0.15, 0.2) is 5.65 Å². The number of fused-ring (bicyclic) bond motifs is 1. The first-order valence-corrected chi connectivity index (χ1v) is 10.5. The van der Waals surface area contributed by atoms with E-state index < -0.39 is 6.03 Å². The summed E-state index contributed by atoms with van der Waals surface area (Å²) in [5.41, 5.74) is 10.5. The van der Waals surface area contributed by atoms with E-state index in [0.717, 1.165) is 39.3 Å². The van der Waals surface area contributed by atoms with Crippen LogP contribution in [-0.2, 0) is 13.5 Å². The Morgan fingerprint density at radius 2 is 1.90 bits per heavy atom. The molecule has 30 heavy (non-hydrogen) atoms. The highest BCUT2D eigenvalue weighted by Gasteiger charge is 2.12. The van der Waals surface area contributed by atoms with Gasteiger partial charge in [0.1, 0.15) is 16.6 Å². The smallest absolute Gasteiger partial charge is 0.290 e. The predicted molar refractivity (Wildman–Crippen MR) is 121 cm³/mol. The van der Waals surface area contributed by atoms with Gasteiger partial charge in [0.05, 0.1) is 5.69 Å². The molecule has 2 amide bonds. The second-order valence-electron chi connectivity index (χ2n) is 7.02. The summed E-state index contributed by atoms with van der Waals surface area (Å²) in [4.78, 5) is 21.3. The summed E-state index contributed by atoms with van der Waals surface area (Å²) >= 11 is 1.48. The summed E-state index contributed by atoms with van der Waals surface area (Å²) in [5, 5.41) is 10.8. The third kappa shape index (κ3) is 3.97. The van der Waals surface area contributed by atoms with Crippen molar-refractivity contribution < 1.29 is 4.79 Å². The molecule has 3 N–H and O–H groups in total. The van der Waals surface area contributed by atoms with E-state index in [0.29, 0.717) is 11.6 Å². The van der Waals surface area contributed by atoms with Gasteiger partial charge in [-0.2, -0.15) is 5.10 Å². The highest BCUT2D eigenvalue weighted by Crippen LogP contribution is 2.26. The molecule has 4 rings (SSSR count). The second-order valence-corrected chi connectivity index (χ2v) is 7.88. The van der Waals surface area contributed by atoms with Crippen molar-refractivity contribution in [2.24, 2.45) is 7.05 Å². The average molecular weight is 422 g/mol. The molecule has 0 atom stereocenters. The Labute approximate surface area is 178 Å². The van der Waals surface area contributed by atoms with E-state index in [4.69, 9.17) is 0 Å². The summed E-state index contributed by atoms with van der Waals surface area (Å²) in [5.74, 6) is 1.03. The fraction of sp³-hybridized carbons (Fsp3) is 0.238. The Bertz CT molecular complexity index is 1210. The topological polar surface area (TPSA) is 96.8 Å². The Balaban J connectivity index is 1.40. The van der Waals surface area contributed by atoms with Crippen molar-refractivity contribution in [3.8, 4) is 10.6 Å². The Hall–Kier alpha value is -3.46. The number of nitrogens with one attached hydrogen (secondary N) is 3.